The number of aromatic hydroxyl groups is 1. The monoisotopic (exact) mass is 297 g/mol. The molecule has 0 fully saturated rings. The zero-order chi connectivity index (χ0) is 16.1. The highest BCUT2D eigenvalue weighted by Crippen LogP contribution is 2.17. The molecule has 2 aromatic carbocycles. The lowest BCUT2D eigenvalue weighted by atomic mass is 10.1. The summed E-state index contributed by atoms with van der Waals surface area (Å²) < 4.78 is 0. The Hall–Kier alpha value is -2.82. The van der Waals surface area contributed by atoms with E-state index in [9.17, 15) is 9.90 Å². The van der Waals surface area contributed by atoms with Crippen LogP contribution in [0.4, 0.5) is 10.5 Å². The number of phenols is 1. The first kappa shape index (κ1) is 15.6. The first-order chi connectivity index (χ1) is 10.5. The summed E-state index contributed by atoms with van der Waals surface area (Å²) in [5, 5.41) is 16.3. The Morgan fingerprint density at radius 2 is 1.77 bits per heavy atom. The average Bonchev–Trinajstić information content (AvgIpc) is 2.44. The number of urea groups is 1. The highest BCUT2D eigenvalue weighted by Gasteiger charge is 2.03. The van der Waals surface area contributed by atoms with Crippen LogP contribution < -0.4 is 10.7 Å². The number of rotatable bonds is 3. The van der Waals surface area contributed by atoms with Crippen LogP contribution in [0.3, 0.4) is 0 Å². The standard InChI is InChI=1S/C17H19N3O2/c1-11-5-7-15(13(3)8-11)19-17(22)20-18-10-14-6-4-12(2)9-16(14)21/h4-10,21H,1-3H3,(H2,19,20,22). The second kappa shape index (κ2) is 6.76. The van der Waals surface area contributed by atoms with Crippen LogP contribution in [0, 0.1) is 20.8 Å². The third kappa shape index (κ3) is 4.09. The zero-order valence-electron chi connectivity index (χ0n) is 12.8. The zero-order valence-corrected chi connectivity index (χ0v) is 12.8. The Kier molecular flexibility index (Phi) is 4.78. The van der Waals surface area contributed by atoms with Crippen molar-refractivity contribution < 1.29 is 9.90 Å². The van der Waals surface area contributed by atoms with E-state index in [1.54, 1.807) is 12.1 Å². The smallest absolute Gasteiger partial charge is 0.339 e. The molecule has 0 saturated carbocycles. The molecule has 0 aromatic heterocycles. The maximum atomic E-state index is 11.8. The van der Waals surface area contributed by atoms with Crippen molar-refractivity contribution in [3.05, 3.63) is 58.7 Å². The van der Waals surface area contributed by atoms with Gasteiger partial charge in [-0.25, -0.2) is 10.2 Å². The van der Waals surface area contributed by atoms with E-state index in [1.165, 1.54) is 6.21 Å². The topological polar surface area (TPSA) is 73.7 Å². The molecule has 3 N–H and O–H groups in total. The highest BCUT2D eigenvalue weighted by atomic mass is 16.3. The summed E-state index contributed by atoms with van der Waals surface area (Å²) in [4.78, 5) is 11.8. The second-order valence-corrected chi connectivity index (χ2v) is 5.20. The van der Waals surface area contributed by atoms with E-state index in [2.05, 4.69) is 15.8 Å². The van der Waals surface area contributed by atoms with Crippen molar-refractivity contribution in [1.82, 2.24) is 5.43 Å². The summed E-state index contributed by atoms with van der Waals surface area (Å²) in [6, 6.07) is 10.6. The molecule has 0 atom stereocenters. The van der Waals surface area contributed by atoms with Gasteiger partial charge in [-0.1, -0.05) is 23.8 Å². The fourth-order valence-corrected chi connectivity index (χ4v) is 2.03. The molecule has 0 aliphatic rings. The van der Waals surface area contributed by atoms with Gasteiger partial charge >= 0.3 is 6.03 Å². The molecule has 0 radical (unpaired) electrons. The molecule has 2 aromatic rings. The number of nitrogens with one attached hydrogen (secondary N) is 2. The number of aryl methyl sites for hydroxylation is 3. The molecular weight excluding hydrogens is 278 g/mol. The summed E-state index contributed by atoms with van der Waals surface area (Å²) in [6.07, 6.45) is 1.40. The van der Waals surface area contributed by atoms with E-state index in [0.717, 1.165) is 22.4 Å². The Morgan fingerprint density at radius 1 is 1.09 bits per heavy atom. The van der Waals surface area contributed by atoms with Gasteiger partial charge in [0, 0.05) is 11.3 Å². The fraction of sp³-hybridized carbons (Fsp3) is 0.176. The first-order valence-electron chi connectivity index (χ1n) is 6.92. The number of hydrogen-bond donors (Lipinski definition) is 3. The van der Waals surface area contributed by atoms with Crippen molar-refractivity contribution in [3.63, 3.8) is 0 Å². The molecule has 0 heterocycles. The van der Waals surface area contributed by atoms with E-state index in [-0.39, 0.29) is 5.75 Å². The third-order valence-corrected chi connectivity index (χ3v) is 3.19. The molecule has 0 aliphatic carbocycles. The number of carbonyl (C=O) groups is 1. The van der Waals surface area contributed by atoms with Gasteiger partial charge in [-0.3, -0.25) is 0 Å². The summed E-state index contributed by atoms with van der Waals surface area (Å²) in [5.74, 6) is 0.125. The molecule has 5 heteroatoms. The van der Waals surface area contributed by atoms with E-state index < -0.39 is 6.03 Å². The van der Waals surface area contributed by atoms with Crippen molar-refractivity contribution in [2.45, 2.75) is 20.8 Å². The van der Waals surface area contributed by atoms with Crippen molar-refractivity contribution in [2.75, 3.05) is 5.32 Å². The van der Waals surface area contributed by atoms with Crippen LogP contribution in [-0.2, 0) is 0 Å². The summed E-state index contributed by atoms with van der Waals surface area (Å²) in [6.45, 7) is 5.81. The van der Waals surface area contributed by atoms with Gasteiger partial charge in [0.05, 0.1) is 6.21 Å². The molecule has 0 saturated heterocycles. The molecule has 5 nitrogen and oxygen atoms in total. The summed E-state index contributed by atoms with van der Waals surface area (Å²) in [5.41, 5.74) is 6.71. The van der Waals surface area contributed by atoms with Gasteiger partial charge in [0.2, 0.25) is 0 Å². The van der Waals surface area contributed by atoms with Crippen molar-refractivity contribution >= 4 is 17.9 Å². The Bertz CT molecular complexity index is 724. The van der Waals surface area contributed by atoms with E-state index in [0.29, 0.717) is 5.56 Å². The van der Waals surface area contributed by atoms with Gasteiger partial charge in [-0.2, -0.15) is 5.10 Å². The maximum Gasteiger partial charge on any atom is 0.339 e. The molecular formula is C17H19N3O2. The van der Waals surface area contributed by atoms with Crippen molar-refractivity contribution in [2.24, 2.45) is 5.10 Å². The minimum atomic E-state index is -0.435. The van der Waals surface area contributed by atoms with Crippen molar-refractivity contribution in [1.29, 1.82) is 0 Å². The quantitative estimate of drug-likeness (QED) is 0.599. The van der Waals surface area contributed by atoms with Crippen LogP contribution in [0.25, 0.3) is 0 Å². The first-order valence-corrected chi connectivity index (χ1v) is 6.92. The van der Waals surface area contributed by atoms with Crippen LogP contribution in [0.1, 0.15) is 22.3 Å². The number of hydrogen-bond acceptors (Lipinski definition) is 3. The van der Waals surface area contributed by atoms with Crippen LogP contribution in [-0.4, -0.2) is 17.4 Å². The number of benzene rings is 2. The number of carbonyl (C=O) groups excluding carboxylic acids is 1. The summed E-state index contributed by atoms with van der Waals surface area (Å²) in [7, 11) is 0. The molecule has 0 aliphatic heterocycles. The SMILES string of the molecule is Cc1ccc(NC(=O)NN=Cc2ccc(C)cc2O)c(C)c1. The largest absolute Gasteiger partial charge is 0.507 e. The number of anilines is 1. The van der Waals surface area contributed by atoms with Crippen LogP contribution in [0.2, 0.25) is 0 Å². The second-order valence-electron chi connectivity index (χ2n) is 5.20. The highest BCUT2D eigenvalue weighted by molar-refractivity contribution is 5.91. The third-order valence-electron chi connectivity index (χ3n) is 3.19. The van der Waals surface area contributed by atoms with E-state index >= 15 is 0 Å². The van der Waals surface area contributed by atoms with Gasteiger partial charge in [0.25, 0.3) is 0 Å². The molecule has 2 rings (SSSR count). The van der Waals surface area contributed by atoms with Gasteiger partial charge in [0.1, 0.15) is 5.75 Å². The van der Waals surface area contributed by atoms with Crippen LogP contribution >= 0.6 is 0 Å². The fourth-order valence-electron chi connectivity index (χ4n) is 2.03. The number of phenolic OH excluding ortho intramolecular Hbond substituents is 1. The van der Waals surface area contributed by atoms with E-state index in [1.807, 2.05) is 45.0 Å². The molecule has 0 unspecified atom stereocenters. The maximum absolute atomic E-state index is 11.8. The van der Waals surface area contributed by atoms with Crippen molar-refractivity contribution in [3.8, 4) is 5.75 Å². The average molecular weight is 297 g/mol. The lowest BCUT2D eigenvalue weighted by molar-refractivity contribution is 0.252. The van der Waals surface area contributed by atoms with Gasteiger partial charge < -0.3 is 10.4 Å². The number of amides is 2. The molecule has 0 bridgehead atoms. The number of nitrogens with zero attached hydrogens (tertiary/aromatic N) is 1. The van der Waals surface area contributed by atoms with E-state index in [4.69, 9.17) is 0 Å². The molecule has 0 spiro atoms. The predicted octanol–water partition coefficient (Wildman–Crippen LogP) is 3.47. The summed E-state index contributed by atoms with van der Waals surface area (Å²) >= 11 is 0. The Labute approximate surface area is 129 Å². The number of hydrazone groups is 1. The van der Waals surface area contributed by atoms with Crippen LogP contribution in [0.5, 0.6) is 5.75 Å². The lowest BCUT2D eigenvalue weighted by Gasteiger charge is -2.08. The van der Waals surface area contributed by atoms with Gasteiger partial charge in [0.15, 0.2) is 0 Å². The lowest BCUT2D eigenvalue weighted by Crippen LogP contribution is -2.24. The normalized spacial score (nSPS) is 10.7. The molecule has 114 valence electrons. The predicted molar refractivity (Wildman–Crippen MR) is 88.5 cm³/mol. The minimum absolute atomic E-state index is 0.125. The Balaban J connectivity index is 1.96. The Morgan fingerprint density at radius 3 is 2.45 bits per heavy atom. The van der Waals surface area contributed by atoms with Gasteiger partial charge in [-0.15, -0.1) is 0 Å². The molecule has 2 amide bonds. The van der Waals surface area contributed by atoms with Crippen LogP contribution in [0.15, 0.2) is 41.5 Å². The van der Waals surface area contributed by atoms with Gasteiger partial charge in [-0.05, 0) is 50.1 Å². The minimum Gasteiger partial charge on any atom is -0.507 e. The molecule has 22 heavy (non-hydrogen) atoms.